The number of anilines is 1. The SMILES string of the molecule is Cc1cc(Cl)ccc1C1c2c(nn(C[C@@H]3CCCN3)c2C(C)C)C(=O)N1c1cc(Cl)ccc1C.Cl. The molecule has 0 saturated carbocycles. The van der Waals surface area contributed by atoms with Gasteiger partial charge in [-0.2, -0.15) is 5.10 Å². The fraction of sp³-hybridized carbons (Fsp3) is 0.407. The summed E-state index contributed by atoms with van der Waals surface area (Å²) in [5, 5.41) is 9.79. The zero-order valence-corrected chi connectivity index (χ0v) is 22.8. The van der Waals surface area contributed by atoms with E-state index in [4.69, 9.17) is 28.3 Å². The topological polar surface area (TPSA) is 50.2 Å². The van der Waals surface area contributed by atoms with Crippen LogP contribution in [0.15, 0.2) is 36.4 Å². The lowest BCUT2D eigenvalue weighted by molar-refractivity contribution is 0.0987. The van der Waals surface area contributed by atoms with Crippen molar-refractivity contribution in [3.8, 4) is 0 Å². The fourth-order valence-electron chi connectivity index (χ4n) is 5.48. The van der Waals surface area contributed by atoms with Crippen LogP contribution in [0.1, 0.15) is 77.1 Å². The quantitative estimate of drug-likeness (QED) is 0.390. The molecule has 5 rings (SSSR count). The van der Waals surface area contributed by atoms with Gasteiger partial charge in [0.1, 0.15) is 0 Å². The second kappa shape index (κ2) is 10.1. The normalized spacial score (nSPS) is 19.4. The van der Waals surface area contributed by atoms with Crippen molar-refractivity contribution in [2.45, 2.75) is 65.1 Å². The largest absolute Gasteiger partial charge is 0.312 e. The van der Waals surface area contributed by atoms with Crippen LogP contribution in [0.5, 0.6) is 0 Å². The van der Waals surface area contributed by atoms with Crippen LogP contribution in [0.4, 0.5) is 5.69 Å². The van der Waals surface area contributed by atoms with Gasteiger partial charge in [0.2, 0.25) is 0 Å². The second-order valence-corrected chi connectivity index (χ2v) is 10.7. The van der Waals surface area contributed by atoms with Gasteiger partial charge in [-0.25, -0.2) is 0 Å². The van der Waals surface area contributed by atoms with E-state index in [0.29, 0.717) is 21.8 Å². The molecule has 8 heteroatoms. The van der Waals surface area contributed by atoms with Crippen LogP contribution in [0.25, 0.3) is 0 Å². The summed E-state index contributed by atoms with van der Waals surface area (Å²) in [5.41, 5.74) is 6.57. The van der Waals surface area contributed by atoms with Crippen molar-refractivity contribution in [3.05, 3.63) is 80.1 Å². The van der Waals surface area contributed by atoms with Crippen molar-refractivity contribution in [3.63, 3.8) is 0 Å². The highest BCUT2D eigenvalue weighted by molar-refractivity contribution is 6.31. The molecule has 5 nitrogen and oxygen atoms in total. The van der Waals surface area contributed by atoms with Crippen molar-refractivity contribution in [2.75, 3.05) is 11.4 Å². The predicted molar refractivity (Wildman–Crippen MR) is 146 cm³/mol. The van der Waals surface area contributed by atoms with E-state index >= 15 is 0 Å². The minimum atomic E-state index is -0.292. The summed E-state index contributed by atoms with van der Waals surface area (Å²) in [6, 6.07) is 11.7. The molecule has 3 aromatic rings. The minimum absolute atomic E-state index is 0. The zero-order valence-electron chi connectivity index (χ0n) is 20.4. The van der Waals surface area contributed by atoms with E-state index < -0.39 is 0 Å². The van der Waals surface area contributed by atoms with Crippen LogP contribution < -0.4 is 10.2 Å². The number of carbonyl (C=O) groups is 1. The molecule has 1 fully saturated rings. The number of hydrogen-bond donors (Lipinski definition) is 1. The Morgan fingerprint density at radius 1 is 1.09 bits per heavy atom. The van der Waals surface area contributed by atoms with E-state index in [2.05, 4.69) is 30.8 Å². The van der Waals surface area contributed by atoms with Gasteiger partial charge in [-0.1, -0.05) is 49.2 Å². The van der Waals surface area contributed by atoms with E-state index in [1.807, 2.05) is 48.2 Å². The molecule has 2 aromatic carbocycles. The molecule has 0 bridgehead atoms. The summed E-state index contributed by atoms with van der Waals surface area (Å²) < 4.78 is 2.08. The zero-order chi connectivity index (χ0) is 24.1. The monoisotopic (exact) mass is 532 g/mol. The van der Waals surface area contributed by atoms with Crippen LogP contribution in [0, 0.1) is 13.8 Å². The summed E-state index contributed by atoms with van der Waals surface area (Å²) in [6.45, 7) is 10.2. The molecule has 186 valence electrons. The van der Waals surface area contributed by atoms with E-state index in [1.165, 1.54) is 6.42 Å². The molecule has 0 spiro atoms. The number of nitrogens with one attached hydrogen (secondary N) is 1. The maximum atomic E-state index is 14.0. The van der Waals surface area contributed by atoms with E-state index in [1.54, 1.807) is 0 Å². The molecule has 2 aliphatic rings. The lowest BCUT2D eigenvalue weighted by Gasteiger charge is -2.30. The van der Waals surface area contributed by atoms with Crippen LogP contribution in [-0.4, -0.2) is 28.3 Å². The molecule has 2 atom stereocenters. The van der Waals surface area contributed by atoms with Crippen LogP contribution in [-0.2, 0) is 6.54 Å². The minimum Gasteiger partial charge on any atom is -0.312 e. The van der Waals surface area contributed by atoms with Gasteiger partial charge in [-0.15, -0.1) is 12.4 Å². The van der Waals surface area contributed by atoms with Crippen LogP contribution >= 0.6 is 35.6 Å². The van der Waals surface area contributed by atoms with Gasteiger partial charge in [0.15, 0.2) is 5.69 Å². The van der Waals surface area contributed by atoms with E-state index in [-0.39, 0.29) is 30.3 Å². The van der Waals surface area contributed by atoms with Crippen LogP contribution in [0.3, 0.4) is 0 Å². The highest BCUT2D eigenvalue weighted by atomic mass is 35.5. The third kappa shape index (κ3) is 4.60. The number of aryl methyl sites for hydroxylation is 2. The number of hydrogen-bond acceptors (Lipinski definition) is 3. The molecule has 35 heavy (non-hydrogen) atoms. The number of benzene rings is 2. The van der Waals surface area contributed by atoms with Gasteiger partial charge < -0.3 is 5.32 Å². The molecule has 0 aliphatic carbocycles. The first-order valence-electron chi connectivity index (χ1n) is 12.0. The Morgan fingerprint density at radius 3 is 2.46 bits per heavy atom. The Labute approximate surface area is 223 Å². The van der Waals surface area contributed by atoms with Gasteiger partial charge >= 0.3 is 0 Å². The number of rotatable bonds is 5. The molecular weight excluding hydrogens is 503 g/mol. The standard InChI is InChI=1S/C27H30Cl2N4O.ClH/c1-15(2)25-23-24(31-32(25)14-20-6-5-11-30-20)27(34)33(22-13-19(29)8-7-16(22)3)26(23)21-10-9-18(28)12-17(21)4;/h7-10,12-13,15,20,26,30H,5-6,11,14H2,1-4H3;1H/t20-,26?;/m0./s1. The summed E-state index contributed by atoms with van der Waals surface area (Å²) >= 11 is 12.7. The summed E-state index contributed by atoms with van der Waals surface area (Å²) in [4.78, 5) is 15.9. The molecule has 1 saturated heterocycles. The number of carbonyl (C=O) groups excluding carboxylic acids is 1. The van der Waals surface area contributed by atoms with Crippen LogP contribution in [0.2, 0.25) is 10.0 Å². The van der Waals surface area contributed by atoms with Gasteiger partial charge in [0, 0.05) is 33.0 Å². The van der Waals surface area contributed by atoms with E-state index in [9.17, 15) is 4.79 Å². The highest BCUT2D eigenvalue weighted by Crippen LogP contribution is 2.47. The molecule has 1 aromatic heterocycles. The maximum absolute atomic E-state index is 14.0. The molecule has 0 radical (unpaired) electrons. The maximum Gasteiger partial charge on any atom is 0.280 e. The first-order chi connectivity index (χ1) is 16.3. The van der Waals surface area contributed by atoms with Crippen molar-refractivity contribution in [2.24, 2.45) is 0 Å². The number of nitrogens with zero attached hydrogens (tertiary/aromatic N) is 3. The Balaban J connectivity index is 0.00000289. The Kier molecular flexibility index (Phi) is 7.54. The van der Waals surface area contributed by atoms with E-state index in [0.717, 1.165) is 53.1 Å². The average Bonchev–Trinajstić information content (AvgIpc) is 3.47. The Bertz CT molecular complexity index is 1260. The van der Waals surface area contributed by atoms with Gasteiger partial charge in [-0.05, 0) is 80.1 Å². The first-order valence-corrected chi connectivity index (χ1v) is 12.7. The third-order valence-electron chi connectivity index (χ3n) is 7.04. The number of aromatic nitrogens is 2. The van der Waals surface area contributed by atoms with Crippen molar-refractivity contribution in [1.82, 2.24) is 15.1 Å². The number of halogens is 3. The number of fused-ring (bicyclic) bond motifs is 1. The summed E-state index contributed by atoms with van der Waals surface area (Å²) in [5.74, 6) is 0.126. The molecule has 3 heterocycles. The molecule has 1 amide bonds. The Hall–Kier alpha value is -2.05. The third-order valence-corrected chi connectivity index (χ3v) is 7.51. The van der Waals surface area contributed by atoms with Crippen molar-refractivity contribution < 1.29 is 4.79 Å². The summed E-state index contributed by atoms with van der Waals surface area (Å²) in [7, 11) is 0. The lowest BCUT2D eigenvalue weighted by atomic mass is 9.91. The highest BCUT2D eigenvalue weighted by Gasteiger charge is 2.45. The second-order valence-electron chi connectivity index (χ2n) is 9.79. The van der Waals surface area contributed by atoms with Gasteiger partial charge in [-0.3, -0.25) is 14.4 Å². The smallest absolute Gasteiger partial charge is 0.280 e. The molecular formula is C27H31Cl3N4O. The van der Waals surface area contributed by atoms with Gasteiger partial charge in [0.05, 0.1) is 12.6 Å². The van der Waals surface area contributed by atoms with Gasteiger partial charge in [0.25, 0.3) is 5.91 Å². The van der Waals surface area contributed by atoms with Crippen molar-refractivity contribution >= 4 is 47.2 Å². The molecule has 1 unspecified atom stereocenters. The lowest BCUT2D eigenvalue weighted by Crippen LogP contribution is -2.33. The predicted octanol–water partition coefficient (Wildman–Crippen LogP) is 6.85. The van der Waals surface area contributed by atoms with Crippen molar-refractivity contribution in [1.29, 1.82) is 0 Å². The molecule has 1 N–H and O–H groups in total. The Morgan fingerprint density at radius 2 is 1.80 bits per heavy atom. The summed E-state index contributed by atoms with van der Waals surface area (Å²) in [6.07, 6.45) is 2.31. The molecule has 2 aliphatic heterocycles. The number of amides is 1. The first kappa shape index (κ1) is 26.0. The fourth-order valence-corrected chi connectivity index (χ4v) is 5.87. The average molecular weight is 534 g/mol.